The molecule has 0 aliphatic rings. The van der Waals surface area contributed by atoms with E-state index in [9.17, 15) is 21.6 Å². The van der Waals surface area contributed by atoms with E-state index < -0.39 is 21.5 Å². The molecule has 0 aliphatic carbocycles. The van der Waals surface area contributed by atoms with Crippen molar-refractivity contribution in [2.75, 3.05) is 14.2 Å². The van der Waals surface area contributed by atoms with Crippen molar-refractivity contribution in [2.24, 2.45) is 7.05 Å². The van der Waals surface area contributed by atoms with Gasteiger partial charge in [0, 0.05) is 18.5 Å². The van der Waals surface area contributed by atoms with Crippen molar-refractivity contribution < 1.29 is 35.2 Å². The van der Waals surface area contributed by atoms with Crippen LogP contribution in [0.4, 0.5) is 13.2 Å². The molecule has 0 spiro atoms. The van der Waals surface area contributed by atoms with Crippen molar-refractivity contribution in [3.63, 3.8) is 0 Å². The number of hydrogen-bond acceptors (Lipinski definition) is 8. The molecule has 2 aromatic heterocycles. The molecule has 0 unspecified atom stereocenters. The highest BCUT2D eigenvalue weighted by Gasteiger charge is 2.49. The molecule has 13 heteroatoms. The first-order valence-electron chi connectivity index (χ1n) is 6.85. The Hall–Kier alpha value is -2.83. The summed E-state index contributed by atoms with van der Waals surface area (Å²) in [5.41, 5.74) is -5.43. The summed E-state index contributed by atoms with van der Waals surface area (Å²) in [4.78, 5) is 0. The highest BCUT2D eigenvalue weighted by Crippen LogP contribution is 2.38. The lowest BCUT2D eigenvalue weighted by atomic mass is 10.1. The number of halogens is 3. The number of ether oxygens (including phenoxy) is 2. The van der Waals surface area contributed by atoms with Gasteiger partial charge < -0.3 is 13.7 Å². The summed E-state index contributed by atoms with van der Waals surface area (Å²) >= 11 is 0. The van der Waals surface area contributed by atoms with Crippen LogP contribution in [0.3, 0.4) is 0 Å². The minimum Gasteiger partial charge on any atom is -0.497 e. The second kappa shape index (κ2) is 5.86. The summed E-state index contributed by atoms with van der Waals surface area (Å²) in [6, 6.07) is 2.93. The highest BCUT2D eigenvalue weighted by molar-refractivity contribution is 7.88. The van der Waals surface area contributed by atoms with E-state index in [0.29, 0.717) is 5.75 Å². The molecule has 26 heavy (non-hydrogen) atoms. The fourth-order valence-electron chi connectivity index (χ4n) is 2.30. The molecule has 1 aromatic carbocycles. The molecule has 9 nitrogen and oxygen atoms in total. The molecular formula is C13H11F3N4O5S. The van der Waals surface area contributed by atoms with Gasteiger partial charge in [0.2, 0.25) is 0 Å². The molecule has 0 atom stereocenters. The van der Waals surface area contributed by atoms with Gasteiger partial charge in [-0.3, -0.25) is 0 Å². The Labute approximate surface area is 144 Å². The van der Waals surface area contributed by atoms with Crippen molar-refractivity contribution in [3.05, 3.63) is 12.1 Å². The number of aromatic nitrogens is 4. The van der Waals surface area contributed by atoms with Crippen molar-refractivity contribution in [3.8, 4) is 17.4 Å². The summed E-state index contributed by atoms with van der Waals surface area (Å²) in [6.07, 6.45) is 0. The number of methoxy groups -OCH3 is 2. The van der Waals surface area contributed by atoms with Crippen LogP contribution in [-0.4, -0.2) is 48.1 Å². The van der Waals surface area contributed by atoms with Gasteiger partial charge in [-0.25, -0.2) is 4.68 Å². The first-order valence-corrected chi connectivity index (χ1v) is 8.25. The molecule has 0 aliphatic heterocycles. The molecule has 0 fully saturated rings. The summed E-state index contributed by atoms with van der Waals surface area (Å²) in [5.74, 6) is -0.255. The van der Waals surface area contributed by atoms with Gasteiger partial charge >= 0.3 is 15.6 Å². The third-order valence-electron chi connectivity index (χ3n) is 3.48. The number of alkyl halides is 3. The third-order valence-corrected chi connectivity index (χ3v) is 4.42. The van der Waals surface area contributed by atoms with Crippen LogP contribution >= 0.6 is 0 Å². The van der Waals surface area contributed by atoms with Crippen LogP contribution in [0.1, 0.15) is 0 Å². The first-order chi connectivity index (χ1) is 12.1. The quantitative estimate of drug-likeness (QED) is 0.489. The predicted octanol–water partition coefficient (Wildman–Crippen LogP) is 1.76. The Morgan fingerprint density at radius 1 is 1.12 bits per heavy atom. The van der Waals surface area contributed by atoms with E-state index in [2.05, 4.69) is 19.5 Å². The number of fused-ring (bicyclic) bond motifs is 3. The number of hydrogen-bond donors (Lipinski definition) is 0. The van der Waals surface area contributed by atoms with Crippen molar-refractivity contribution in [1.29, 1.82) is 0 Å². The second-order valence-corrected chi connectivity index (χ2v) is 6.57. The average Bonchev–Trinajstić information content (AvgIpc) is 2.88. The normalized spacial score (nSPS) is 12.5. The number of nitrogens with zero attached hydrogens (tertiary/aromatic N) is 4. The average molecular weight is 392 g/mol. The SMILES string of the molecule is COc1cc(OC)c2nnc3c(c(OS(=O)(=O)C(F)(F)F)nn3C)c2c1. The molecule has 0 saturated heterocycles. The van der Waals surface area contributed by atoms with Crippen LogP contribution in [0.25, 0.3) is 21.9 Å². The molecule has 0 radical (unpaired) electrons. The zero-order valence-corrected chi connectivity index (χ0v) is 14.3. The van der Waals surface area contributed by atoms with E-state index in [4.69, 9.17) is 9.47 Å². The molecule has 0 amide bonds. The van der Waals surface area contributed by atoms with E-state index in [1.807, 2.05) is 0 Å². The van der Waals surface area contributed by atoms with Gasteiger partial charge in [-0.15, -0.1) is 15.3 Å². The van der Waals surface area contributed by atoms with Crippen molar-refractivity contribution in [2.45, 2.75) is 5.51 Å². The third kappa shape index (κ3) is 2.73. The fraction of sp³-hybridized carbons (Fsp3) is 0.308. The summed E-state index contributed by atoms with van der Waals surface area (Å²) in [7, 11) is -1.83. The molecular weight excluding hydrogens is 381 g/mol. The Morgan fingerprint density at radius 3 is 2.38 bits per heavy atom. The Bertz CT molecular complexity index is 1110. The summed E-state index contributed by atoms with van der Waals surface area (Å²) < 4.78 is 76.3. The molecule has 3 aromatic rings. The monoisotopic (exact) mass is 392 g/mol. The minimum absolute atomic E-state index is 0.0141. The molecule has 2 heterocycles. The number of rotatable bonds is 4. The lowest BCUT2D eigenvalue weighted by Crippen LogP contribution is -2.28. The largest absolute Gasteiger partial charge is 0.534 e. The van der Waals surface area contributed by atoms with Gasteiger partial charge in [0.15, 0.2) is 11.4 Å². The molecule has 0 N–H and O–H groups in total. The Morgan fingerprint density at radius 2 is 1.81 bits per heavy atom. The van der Waals surface area contributed by atoms with Crippen LogP contribution in [0.5, 0.6) is 17.4 Å². The van der Waals surface area contributed by atoms with E-state index in [1.54, 1.807) is 0 Å². The van der Waals surface area contributed by atoms with Gasteiger partial charge in [0.05, 0.1) is 19.6 Å². The van der Waals surface area contributed by atoms with Crippen LogP contribution in [0, 0.1) is 0 Å². The lowest BCUT2D eigenvalue weighted by molar-refractivity contribution is -0.0501. The smallest absolute Gasteiger partial charge is 0.497 e. The summed E-state index contributed by atoms with van der Waals surface area (Å²) in [5, 5.41) is 11.6. The predicted molar refractivity (Wildman–Crippen MR) is 82.5 cm³/mol. The topological polar surface area (TPSA) is 105 Å². The summed E-state index contributed by atoms with van der Waals surface area (Å²) in [6.45, 7) is 0. The number of benzene rings is 1. The maximum atomic E-state index is 12.7. The van der Waals surface area contributed by atoms with Gasteiger partial charge in [-0.05, 0) is 6.07 Å². The maximum Gasteiger partial charge on any atom is 0.534 e. The Kier molecular flexibility index (Phi) is 4.05. The highest BCUT2D eigenvalue weighted by atomic mass is 32.2. The number of aryl methyl sites for hydroxylation is 1. The maximum absolute atomic E-state index is 12.7. The fourth-order valence-corrected chi connectivity index (χ4v) is 2.72. The zero-order valence-electron chi connectivity index (χ0n) is 13.5. The van der Waals surface area contributed by atoms with Crippen molar-refractivity contribution in [1.82, 2.24) is 20.0 Å². The lowest BCUT2D eigenvalue weighted by Gasteiger charge is -2.09. The molecule has 0 bridgehead atoms. The van der Waals surface area contributed by atoms with Crippen LogP contribution in [-0.2, 0) is 17.2 Å². The Balaban J connectivity index is 2.37. The molecule has 3 rings (SSSR count). The van der Waals surface area contributed by atoms with Gasteiger partial charge in [-0.1, -0.05) is 0 Å². The van der Waals surface area contributed by atoms with Gasteiger partial charge in [0.25, 0.3) is 5.88 Å². The van der Waals surface area contributed by atoms with E-state index >= 15 is 0 Å². The van der Waals surface area contributed by atoms with E-state index in [-0.39, 0.29) is 27.7 Å². The minimum atomic E-state index is -5.92. The van der Waals surface area contributed by atoms with Gasteiger partial charge in [0.1, 0.15) is 11.3 Å². The standard InChI is InChI=1S/C13H11F3N4O5S/c1-20-11-9(12(19-20)25-26(21,22)13(14,15)16)7-4-6(23-2)5-8(24-3)10(7)17-18-11/h4-5H,1-3H3. The zero-order chi connectivity index (χ0) is 19.3. The van der Waals surface area contributed by atoms with Crippen LogP contribution in [0.2, 0.25) is 0 Å². The van der Waals surface area contributed by atoms with E-state index in [1.165, 1.54) is 33.4 Å². The second-order valence-electron chi connectivity index (χ2n) is 5.04. The molecule has 140 valence electrons. The molecule has 0 saturated carbocycles. The van der Waals surface area contributed by atoms with Crippen LogP contribution in [0.15, 0.2) is 12.1 Å². The van der Waals surface area contributed by atoms with Crippen LogP contribution < -0.4 is 13.7 Å². The first kappa shape index (κ1) is 18.0. The van der Waals surface area contributed by atoms with Gasteiger partial charge in [-0.2, -0.15) is 21.6 Å². The van der Waals surface area contributed by atoms with Crippen molar-refractivity contribution >= 4 is 32.1 Å². The van der Waals surface area contributed by atoms with E-state index in [0.717, 1.165) is 4.68 Å².